The molecule has 1 aromatic heterocycles. The van der Waals surface area contributed by atoms with E-state index in [0.717, 1.165) is 42.2 Å². The third kappa shape index (κ3) is 3.42. The summed E-state index contributed by atoms with van der Waals surface area (Å²) in [6.45, 7) is 5.37. The van der Waals surface area contributed by atoms with Crippen LogP contribution in [0.1, 0.15) is 5.69 Å². The van der Waals surface area contributed by atoms with Crippen molar-refractivity contribution in [2.24, 2.45) is 0 Å². The van der Waals surface area contributed by atoms with Gasteiger partial charge in [0.15, 0.2) is 0 Å². The summed E-state index contributed by atoms with van der Waals surface area (Å²) in [6, 6.07) is 8.32. The van der Waals surface area contributed by atoms with Crippen molar-refractivity contribution in [3.05, 3.63) is 39.8 Å². The molecule has 0 bridgehead atoms. The smallest absolute Gasteiger partial charge is 0.123 e. The molecular weight excluding hydrogens is 322 g/mol. The molecule has 0 atom stereocenters. The van der Waals surface area contributed by atoms with E-state index in [4.69, 9.17) is 4.98 Å². The van der Waals surface area contributed by atoms with Gasteiger partial charge in [-0.15, -0.1) is 11.3 Å². The summed E-state index contributed by atoms with van der Waals surface area (Å²) in [7, 11) is 0. The first kappa shape index (κ1) is 13.2. The first-order valence-electron chi connectivity index (χ1n) is 6.45. The van der Waals surface area contributed by atoms with Gasteiger partial charge >= 0.3 is 0 Å². The normalized spacial score (nSPS) is 16.7. The largest absolute Gasteiger partial charge is 0.314 e. The van der Waals surface area contributed by atoms with Gasteiger partial charge in [-0.3, -0.25) is 4.90 Å². The highest BCUT2D eigenvalue weighted by Crippen LogP contribution is 2.26. The zero-order chi connectivity index (χ0) is 13.1. The van der Waals surface area contributed by atoms with E-state index in [2.05, 4.69) is 49.7 Å². The maximum absolute atomic E-state index is 4.75. The van der Waals surface area contributed by atoms with Crippen molar-refractivity contribution in [1.82, 2.24) is 15.2 Å². The van der Waals surface area contributed by atoms with Crippen molar-refractivity contribution < 1.29 is 0 Å². The minimum atomic E-state index is 0.964. The fourth-order valence-corrected chi connectivity index (χ4v) is 3.44. The van der Waals surface area contributed by atoms with Crippen LogP contribution >= 0.6 is 27.3 Å². The Morgan fingerprint density at radius 2 is 2.16 bits per heavy atom. The average molecular weight is 338 g/mol. The lowest BCUT2D eigenvalue weighted by molar-refractivity contribution is 0.231. The second-order valence-corrected chi connectivity index (χ2v) is 6.45. The Kier molecular flexibility index (Phi) is 4.28. The Balaban J connectivity index is 1.72. The molecule has 0 spiro atoms. The first-order chi connectivity index (χ1) is 9.31. The van der Waals surface area contributed by atoms with Gasteiger partial charge in [-0.2, -0.15) is 0 Å². The summed E-state index contributed by atoms with van der Waals surface area (Å²) in [5, 5.41) is 6.66. The quantitative estimate of drug-likeness (QED) is 0.933. The van der Waals surface area contributed by atoms with E-state index in [-0.39, 0.29) is 0 Å². The topological polar surface area (TPSA) is 28.2 Å². The molecule has 100 valence electrons. The molecule has 2 aromatic rings. The minimum Gasteiger partial charge on any atom is -0.314 e. The summed E-state index contributed by atoms with van der Waals surface area (Å²) in [4.78, 5) is 7.21. The molecule has 1 aromatic carbocycles. The maximum Gasteiger partial charge on any atom is 0.123 e. The highest BCUT2D eigenvalue weighted by atomic mass is 79.9. The molecule has 19 heavy (non-hydrogen) atoms. The van der Waals surface area contributed by atoms with Gasteiger partial charge in [0.05, 0.1) is 5.69 Å². The van der Waals surface area contributed by atoms with Gasteiger partial charge in [0.2, 0.25) is 0 Å². The number of halogens is 1. The number of hydrogen-bond acceptors (Lipinski definition) is 4. The van der Waals surface area contributed by atoms with E-state index in [9.17, 15) is 0 Å². The van der Waals surface area contributed by atoms with E-state index < -0.39 is 0 Å². The van der Waals surface area contributed by atoms with Crippen LogP contribution in [0, 0.1) is 0 Å². The number of piperazine rings is 1. The van der Waals surface area contributed by atoms with Crippen LogP contribution in [-0.4, -0.2) is 36.1 Å². The lowest BCUT2D eigenvalue weighted by atomic mass is 10.2. The highest BCUT2D eigenvalue weighted by Gasteiger charge is 2.12. The minimum absolute atomic E-state index is 0.964. The number of nitrogens with one attached hydrogen (secondary N) is 1. The lowest BCUT2D eigenvalue weighted by Gasteiger charge is -2.26. The SMILES string of the molecule is Brc1cccc(-c2nc(CN3CCNCC3)cs2)c1. The molecule has 3 nitrogen and oxygen atoms in total. The monoisotopic (exact) mass is 337 g/mol. The van der Waals surface area contributed by atoms with E-state index in [1.54, 1.807) is 11.3 Å². The van der Waals surface area contributed by atoms with Gasteiger partial charge in [0, 0.05) is 48.1 Å². The maximum atomic E-state index is 4.75. The van der Waals surface area contributed by atoms with Gasteiger partial charge in [0.25, 0.3) is 0 Å². The van der Waals surface area contributed by atoms with Gasteiger partial charge in [0.1, 0.15) is 5.01 Å². The Labute approximate surface area is 125 Å². The van der Waals surface area contributed by atoms with Crippen molar-refractivity contribution in [2.75, 3.05) is 26.2 Å². The summed E-state index contributed by atoms with van der Waals surface area (Å²) in [5.41, 5.74) is 2.37. The predicted octanol–water partition coefficient (Wildman–Crippen LogP) is 2.98. The van der Waals surface area contributed by atoms with Crippen molar-refractivity contribution >= 4 is 27.3 Å². The van der Waals surface area contributed by atoms with Crippen LogP contribution in [-0.2, 0) is 6.54 Å². The van der Waals surface area contributed by atoms with Gasteiger partial charge < -0.3 is 5.32 Å². The number of nitrogens with zero attached hydrogens (tertiary/aromatic N) is 2. The van der Waals surface area contributed by atoms with Crippen molar-refractivity contribution in [1.29, 1.82) is 0 Å². The van der Waals surface area contributed by atoms with Crippen LogP contribution in [0.4, 0.5) is 0 Å². The van der Waals surface area contributed by atoms with Crippen molar-refractivity contribution in [2.45, 2.75) is 6.54 Å². The van der Waals surface area contributed by atoms with Crippen molar-refractivity contribution in [3.63, 3.8) is 0 Å². The van der Waals surface area contributed by atoms with E-state index >= 15 is 0 Å². The molecule has 1 aliphatic rings. The average Bonchev–Trinajstić information content (AvgIpc) is 2.88. The number of thiazole rings is 1. The number of hydrogen-bond donors (Lipinski definition) is 1. The number of benzene rings is 1. The Morgan fingerprint density at radius 1 is 1.32 bits per heavy atom. The molecule has 0 amide bonds. The third-order valence-electron chi connectivity index (χ3n) is 3.22. The van der Waals surface area contributed by atoms with E-state index in [1.165, 1.54) is 11.3 Å². The molecule has 1 aliphatic heterocycles. The second-order valence-electron chi connectivity index (χ2n) is 4.68. The Bertz CT molecular complexity index is 549. The molecule has 3 rings (SSSR count). The molecule has 2 heterocycles. The van der Waals surface area contributed by atoms with Crippen LogP contribution in [0.25, 0.3) is 10.6 Å². The van der Waals surface area contributed by atoms with Crippen LogP contribution in [0.15, 0.2) is 34.1 Å². The highest BCUT2D eigenvalue weighted by molar-refractivity contribution is 9.10. The van der Waals surface area contributed by atoms with E-state index in [0.29, 0.717) is 0 Å². The molecular formula is C14H16BrN3S. The molecule has 0 aliphatic carbocycles. The molecule has 0 radical (unpaired) electrons. The van der Waals surface area contributed by atoms with E-state index in [1.807, 2.05) is 6.07 Å². The number of aromatic nitrogens is 1. The summed E-state index contributed by atoms with van der Waals surface area (Å²) >= 11 is 5.23. The van der Waals surface area contributed by atoms with Crippen LogP contribution in [0.3, 0.4) is 0 Å². The molecule has 1 N–H and O–H groups in total. The Morgan fingerprint density at radius 3 is 2.95 bits per heavy atom. The molecule has 0 unspecified atom stereocenters. The zero-order valence-electron chi connectivity index (χ0n) is 10.6. The van der Waals surface area contributed by atoms with Gasteiger partial charge in [-0.25, -0.2) is 4.98 Å². The fourth-order valence-electron chi connectivity index (χ4n) is 2.23. The summed E-state index contributed by atoms with van der Waals surface area (Å²) < 4.78 is 1.10. The summed E-state index contributed by atoms with van der Waals surface area (Å²) in [5.74, 6) is 0. The summed E-state index contributed by atoms with van der Waals surface area (Å²) in [6.07, 6.45) is 0. The van der Waals surface area contributed by atoms with Crippen LogP contribution in [0.5, 0.6) is 0 Å². The predicted molar refractivity (Wildman–Crippen MR) is 83.4 cm³/mol. The fraction of sp³-hybridized carbons (Fsp3) is 0.357. The standard InChI is InChI=1S/C14H16BrN3S/c15-12-3-1-2-11(8-12)14-17-13(10-19-14)9-18-6-4-16-5-7-18/h1-3,8,10,16H,4-7,9H2. The number of rotatable bonds is 3. The second kappa shape index (κ2) is 6.13. The molecule has 1 saturated heterocycles. The molecule has 5 heteroatoms. The van der Waals surface area contributed by atoms with Gasteiger partial charge in [-0.05, 0) is 12.1 Å². The lowest BCUT2D eigenvalue weighted by Crippen LogP contribution is -2.42. The van der Waals surface area contributed by atoms with Crippen LogP contribution in [0.2, 0.25) is 0 Å². The van der Waals surface area contributed by atoms with Crippen LogP contribution < -0.4 is 5.32 Å². The Hall–Kier alpha value is -0.750. The zero-order valence-corrected chi connectivity index (χ0v) is 13.0. The first-order valence-corrected chi connectivity index (χ1v) is 8.12. The van der Waals surface area contributed by atoms with Crippen molar-refractivity contribution in [3.8, 4) is 10.6 Å². The molecule has 0 saturated carbocycles. The third-order valence-corrected chi connectivity index (χ3v) is 4.65. The van der Waals surface area contributed by atoms with Gasteiger partial charge in [-0.1, -0.05) is 28.1 Å². The molecule has 1 fully saturated rings.